The average molecular weight is 214 g/mol. The van der Waals surface area contributed by atoms with Crippen LogP contribution in [0.4, 0.5) is 5.69 Å². The Hall–Kier alpha value is -1.84. The fourth-order valence-electron chi connectivity index (χ4n) is 2.34. The van der Waals surface area contributed by atoms with Gasteiger partial charge < -0.3 is 9.88 Å². The predicted octanol–water partition coefficient (Wildman–Crippen LogP) is 1.76. The minimum atomic E-state index is 0.366. The number of anilines is 1. The molecule has 1 aliphatic heterocycles. The fourth-order valence-corrected chi connectivity index (χ4v) is 2.34. The molecule has 2 aromatic rings. The highest BCUT2D eigenvalue weighted by Gasteiger charge is 2.24. The third-order valence-electron chi connectivity index (χ3n) is 3.14. The van der Waals surface area contributed by atoms with Gasteiger partial charge in [-0.3, -0.25) is 0 Å². The van der Waals surface area contributed by atoms with Crippen LogP contribution in [0.2, 0.25) is 0 Å². The van der Waals surface area contributed by atoms with Crippen LogP contribution in [0, 0.1) is 0 Å². The zero-order chi connectivity index (χ0) is 11.0. The maximum absolute atomic E-state index is 4.22. The second-order valence-electron chi connectivity index (χ2n) is 4.16. The van der Waals surface area contributed by atoms with Crippen molar-refractivity contribution >= 4 is 5.69 Å². The van der Waals surface area contributed by atoms with E-state index < -0.39 is 0 Å². The van der Waals surface area contributed by atoms with E-state index in [-0.39, 0.29) is 0 Å². The van der Waals surface area contributed by atoms with Crippen molar-refractivity contribution in [2.45, 2.75) is 12.3 Å². The Morgan fingerprint density at radius 1 is 1.38 bits per heavy atom. The summed E-state index contributed by atoms with van der Waals surface area (Å²) in [6, 6.07) is 8.43. The van der Waals surface area contributed by atoms with E-state index in [1.54, 1.807) is 6.33 Å². The summed E-state index contributed by atoms with van der Waals surface area (Å²) in [6.45, 7) is 0.995. The highest BCUT2D eigenvalue weighted by molar-refractivity contribution is 5.56. The summed E-state index contributed by atoms with van der Waals surface area (Å²) in [5.41, 5.74) is 2.55. The van der Waals surface area contributed by atoms with Crippen molar-refractivity contribution in [1.82, 2.24) is 14.8 Å². The van der Waals surface area contributed by atoms with Gasteiger partial charge in [0.15, 0.2) is 0 Å². The molecule has 0 saturated carbocycles. The van der Waals surface area contributed by atoms with Crippen LogP contribution in [0.15, 0.2) is 30.6 Å². The third kappa shape index (κ3) is 1.38. The normalized spacial score (nSPS) is 18.9. The van der Waals surface area contributed by atoms with Gasteiger partial charge in [0.25, 0.3) is 0 Å². The first-order chi connectivity index (χ1) is 7.86. The van der Waals surface area contributed by atoms with Crippen LogP contribution in [0.1, 0.15) is 23.7 Å². The lowest BCUT2D eigenvalue weighted by atomic mass is 9.90. The summed E-state index contributed by atoms with van der Waals surface area (Å²) in [5.74, 6) is 1.42. The summed E-state index contributed by atoms with van der Waals surface area (Å²) in [6.07, 6.45) is 2.84. The number of aromatic nitrogens is 3. The van der Waals surface area contributed by atoms with Gasteiger partial charge in [0.2, 0.25) is 0 Å². The third-order valence-corrected chi connectivity index (χ3v) is 3.14. The lowest BCUT2D eigenvalue weighted by molar-refractivity contribution is 0.641. The smallest absolute Gasteiger partial charge is 0.140 e. The van der Waals surface area contributed by atoms with Gasteiger partial charge in [-0.1, -0.05) is 18.2 Å². The first kappa shape index (κ1) is 9.39. The molecule has 0 radical (unpaired) electrons. The first-order valence-corrected chi connectivity index (χ1v) is 5.53. The van der Waals surface area contributed by atoms with E-state index in [9.17, 15) is 0 Å². The minimum Gasteiger partial charge on any atom is -0.385 e. The van der Waals surface area contributed by atoms with Crippen LogP contribution in [0.25, 0.3) is 0 Å². The molecule has 0 aliphatic carbocycles. The number of hydrogen-bond acceptors (Lipinski definition) is 3. The van der Waals surface area contributed by atoms with E-state index in [4.69, 9.17) is 0 Å². The molecule has 3 rings (SSSR count). The van der Waals surface area contributed by atoms with Crippen LogP contribution >= 0.6 is 0 Å². The Labute approximate surface area is 94.3 Å². The fraction of sp³-hybridized carbons (Fsp3) is 0.333. The number of nitrogens with zero attached hydrogens (tertiary/aromatic N) is 3. The maximum Gasteiger partial charge on any atom is 0.140 e. The number of hydrogen-bond donors (Lipinski definition) is 1. The number of nitrogens with one attached hydrogen (secondary N) is 1. The second kappa shape index (κ2) is 3.63. The van der Waals surface area contributed by atoms with Gasteiger partial charge in [-0.2, -0.15) is 0 Å². The highest BCUT2D eigenvalue weighted by atomic mass is 15.2. The Balaban J connectivity index is 2.08. The topological polar surface area (TPSA) is 42.7 Å². The van der Waals surface area contributed by atoms with Crippen molar-refractivity contribution < 1.29 is 0 Å². The molecule has 2 heterocycles. The molecule has 82 valence electrons. The largest absolute Gasteiger partial charge is 0.385 e. The molecule has 1 N–H and O–H groups in total. The monoisotopic (exact) mass is 214 g/mol. The lowest BCUT2D eigenvalue weighted by Crippen LogP contribution is -2.19. The molecular formula is C12H14N4. The number of para-hydroxylation sites is 1. The van der Waals surface area contributed by atoms with Crippen LogP contribution in [0.3, 0.4) is 0 Å². The van der Waals surface area contributed by atoms with Crippen molar-refractivity contribution in [2.24, 2.45) is 7.05 Å². The van der Waals surface area contributed by atoms with E-state index in [1.807, 2.05) is 11.6 Å². The van der Waals surface area contributed by atoms with Gasteiger partial charge in [-0.25, -0.2) is 0 Å². The van der Waals surface area contributed by atoms with Crippen LogP contribution in [-0.4, -0.2) is 21.3 Å². The lowest BCUT2D eigenvalue weighted by Gasteiger charge is -2.25. The molecule has 1 aliphatic rings. The second-order valence-corrected chi connectivity index (χ2v) is 4.16. The molecule has 0 spiro atoms. The molecule has 1 unspecified atom stereocenters. The molecular weight excluding hydrogens is 200 g/mol. The van der Waals surface area contributed by atoms with E-state index in [0.717, 1.165) is 18.8 Å². The van der Waals surface area contributed by atoms with Crippen LogP contribution in [-0.2, 0) is 7.05 Å². The standard InChI is InChI=1S/C12H14N4/c1-16-8-14-15-12(16)10-6-7-13-11-5-3-2-4-9(10)11/h2-5,8,10,13H,6-7H2,1H3. The summed E-state index contributed by atoms with van der Waals surface area (Å²) in [7, 11) is 2.00. The Kier molecular flexibility index (Phi) is 2.13. The molecule has 1 atom stereocenters. The van der Waals surface area contributed by atoms with Crippen molar-refractivity contribution in [1.29, 1.82) is 0 Å². The molecule has 4 nitrogen and oxygen atoms in total. The van der Waals surface area contributed by atoms with Crippen LogP contribution in [0.5, 0.6) is 0 Å². The number of fused-ring (bicyclic) bond motifs is 1. The SMILES string of the molecule is Cn1cnnc1C1CCNc2ccccc21. The van der Waals surface area contributed by atoms with E-state index in [1.165, 1.54) is 11.3 Å². The summed E-state index contributed by atoms with van der Waals surface area (Å²) < 4.78 is 2.01. The summed E-state index contributed by atoms with van der Waals surface area (Å²) in [5, 5.41) is 11.6. The molecule has 0 fully saturated rings. The zero-order valence-electron chi connectivity index (χ0n) is 9.22. The molecule has 1 aromatic heterocycles. The highest BCUT2D eigenvalue weighted by Crippen LogP contribution is 2.34. The predicted molar refractivity (Wildman–Crippen MR) is 62.4 cm³/mol. The van der Waals surface area contributed by atoms with Crippen LogP contribution < -0.4 is 5.32 Å². The van der Waals surface area contributed by atoms with Crippen molar-refractivity contribution in [3.63, 3.8) is 0 Å². The maximum atomic E-state index is 4.22. The average Bonchev–Trinajstić information content (AvgIpc) is 2.75. The number of aryl methyl sites for hydroxylation is 1. The van der Waals surface area contributed by atoms with Gasteiger partial charge >= 0.3 is 0 Å². The molecule has 0 saturated heterocycles. The van der Waals surface area contributed by atoms with Crippen molar-refractivity contribution in [2.75, 3.05) is 11.9 Å². The zero-order valence-corrected chi connectivity index (χ0v) is 9.22. The number of rotatable bonds is 1. The van der Waals surface area contributed by atoms with Crippen molar-refractivity contribution in [3.8, 4) is 0 Å². The van der Waals surface area contributed by atoms with Gasteiger partial charge in [0, 0.05) is 25.2 Å². The Morgan fingerprint density at radius 3 is 3.06 bits per heavy atom. The Bertz CT molecular complexity index is 503. The molecule has 0 bridgehead atoms. The minimum absolute atomic E-state index is 0.366. The van der Waals surface area contributed by atoms with E-state index >= 15 is 0 Å². The van der Waals surface area contributed by atoms with Gasteiger partial charge in [0.05, 0.1) is 0 Å². The summed E-state index contributed by atoms with van der Waals surface area (Å²) in [4.78, 5) is 0. The summed E-state index contributed by atoms with van der Waals surface area (Å²) >= 11 is 0. The molecule has 1 aromatic carbocycles. The first-order valence-electron chi connectivity index (χ1n) is 5.53. The molecule has 0 amide bonds. The number of benzene rings is 1. The van der Waals surface area contributed by atoms with Crippen molar-refractivity contribution in [3.05, 3.63) is 42.0 Å². The molecule has 16 heavy (non-hydrogen) atoms. The van der Waals surface area contributed by atoms with Gasteiger partial charge in [0.1, 0.15) is 12.2 Å². The van der Waals surface area contributed by atoms with Gasteiger partial charge in [-0.15, -0.1) is 10.2 Å². The molecule has 4 heteroatoms. The Morgan fingerprint density at radius 2 is 2.25 bits per heavy atom. The van der Waals surface area contributed by atoms with Gasteiger partial charge in [-0.05, 0) is 18.1 Å². The quantitative estimate of drug-likeness (QED) is 0.786. The van der Waals surface area contributed by atoms with E-state index in [2.05, 4.69) is 39.8 Å². The van der Waals surface area contributed by atoms with E-state index in [0.29, 0.717) is 5.92 Å².